The molecule has 74 valence electrons. The molecular formula is C9H6F3NO. The average molecular weight is 201 g/mol. The van der Waals surface area contributed by atoms with Crippen LogP contribution in [0.2, 0.25) is 0 Å². The lowest BCUT2D eigenvalue weighted by atomic mass is 10.1. The minimum atomic E-state index is -4.42. The van der Waals surface area contributed by atoms with Gasteiger partial charge in [0.25, 0.3) is 0 Å². The van der Waals surface area contributed by atoms with Crippen LogP contribution in [0, 0.1) is 12.1 Å². The summed E-state index contributed by atoms with van der Waals surface area (Å²) in [5, 5.41) is 2.26. The van der Waals surface area contributed by atoms with Crippen LogP contribution in [0.3, 0.4) is 0 Å². The highest BCUT2D eigenvalue weighted by molar-refractivity contribution is 5.46. The fraction of sp³-hybridized carbons (Fsp3) is 0.222. The van der Waals surface area contributed by atoms with E-state index in [-0.39, 0.29) is 6.54 Å². The smallest absolute Gasteiger partial charge is 0.355 e. The van der Waals surface area contributed by atoms with E-state index in [0.717, 1.165) is 6.07 Å². The SMILES string of the molecule is O=CNCc1cc#cc(C(F)(F)F)c1. The third kappa shape index (κ3) is 2.66. The fourth-order valence-electron chi connectivity index (χ4n) is 0.884. The number of carbonyl (C=O) groups excluding carboxylic acids is 1. The van der Waals surface area contributed by atoms with Gasteiger partial charge in [0, 0.05) is 6.54 Å². The Kier molecular flexibility index (Phi) is 2.97. The van der Waals surface area contributed by atoms with Crippen LogP contribution in [0.15, 0.2) is 12.1 Å². The molecule has 0 bridgehead atoms. The first-order valence-electron chi connectivity index (χ1n) is 3.70. The van der Waals surface area contributed by atoms with E-state index in [2.05, 4.69) is 11.4 Å². The second kappa shape index (κ2) is 4.01. The molecule has 1 aromatic rings. The van der Waals surface area contributed by atoms with Gasteiger partial charge in [-0.3, -0.25) is 4.79 Å². The molecule has 1 amide bonds. The van der Waals surface area contributed by atoms with Crippen molar-refractivity contribution in [1.29, 1.82) is 0 Å². The summed E-state index contributed by atoms with van der Waals surface area (Å²) in [6.07, 6.45) is -4.00. The first kappa shape index (κ1) is 10.4. The Bertz CT molecular complexity index is 322. The molecule has 0 atom stereocenters. The molecule has 0 unspecified atom stereocenters. The molecule has 0 aromatic heterocycles. The summed E-state index contributed by atoms with van der Waals surface area (Å²) in [6, 6.07) is 6.47. The number of halogens is 3. The normalized spacial score (nSPS) is 10.5. The molecular weight excluding hydrogens is 195 g/mol. The first-order valence-corrected chi connectivity index (χ1v) is 3.70. The number of alkyl halides is 3. The fourth-order valence-corrected chi connectivity index (χ4v) is 0.884. The average Bonchev–Trinajstić information content (AvgIpc) is 2.14. The molecule has 0 aliphatic carbocycles. The second-order valence-corrected chi connectivity index (χ2v) is 2.54. The molecule has 0 aliphatic rings. The predicted octanol–water partition coefficient (Wildman–Crippen LogP) is 1.55. The summed E-state index contributed by atoms with van der Waals surface area (Å²) in [5.41, 5.74) is -0.550. The van der Waals surface area contributed by atoms with Crippen molar-refractivity contribution in [3.05, 3.63) is 35.4 Å². The number of hydrogen-bond donors (Lipinski definition) is 1. The topological polar surface area (TPSA) is 29.1 Å². The van der Waals surface area contributed by atoms with E-state index in [1.165, 1.54) is 6.07 Å². The molecule has 0 saturated heterocycles. The zero-order valence-corrected chi connectivity index (χ0v) is 6.98. The van der Waals surface area contributed by atoms with Gasteiger partial charge < -0.3 is 5.32 Å². The first-order chi connectivity index (χ1) is 6.54. The molecule has 2 nitrogen and oxygen atoms in total. The number of hydrogen-bond acceptors (Lipinski definition) is 1. The summed E-state index contributed by atoms with van der Waals surface area (Å²) in [7, 11) is 0. The molecule has 0 aliphatic heterocycles. The lowest BCUT2D eigenvalue weighted by molar-refractivity contribution is -0.137. The largest absolute Gasteiger partial charge is 0.424 e. The van der Waals surface area contributed by atoms with Crippen LogP contribution in [0.25, 0.3) is 0 Å². The number of rotatable bonds is 3. The molecule has 1 rings (SSSR count). The third-order valence-electron chi connectivity index (χ3n) is 1.49. The Hall–Kier alpha value is -1.70. The summed E-state index contributed by atoms with van der Waals surface area (Å²) < 4.78 is 36.4. The molecule has 1 aromatic carbocycles. The lowest BCUT2D eigenvalue weighted by Crippen LogP contribution is -2.11. The van der Waals surface area contributed by atoms with Crippen molar-refractivity contribution in [1.82, 2.24) is 5.32 Å². The van der Waals surface area contributed by atoms with Gasteiger partial charge in [0.15, 0.2) is 0 Å². The van der Waals surface area contributed by atoms with Gasteiger partial charge >= 0.3 is 6.18 Å². The highest BCUT2D eigenvalue weighted by Gasteiger charge is 2.30. The number of carbonyl (C=O) groups is 1. The van der Waals surface area contributed by atoms with E-state index in [0.29, 0.717) is 12.0 Å². The third-order valence-corrected chi connectivity index (χ3v) is 1.49. The van der Waals surface area contributed by atoms with Gasteiger partial charge in [-0.05, 0) is 17.7 Å². The molecule has 0 fully saturated rings. The second-order valence-electron chi connectivity index (χ2n) is 2.54. The Morgan fingerprint density at radius 1 is 1.50 bits per heavy atom. The molecule has 5 heteroatoms. The van der Waals surface area contributed by atoms with Gasteiger partial charge in [0.2, 0.25) is 6.41 Å². The van der Waals surface area contributed by atoms with Crippen molar-refractivity contribution in [3.63, 3.8) is 0 Å². The standard InChI is InChI=1S/C9H6F3NO/c10-9(11,12)8-3-1-2-7(4-8)5-13-6-14/h2,4,6H,5H2,(H,13,14). The Balaban J connectivity index is 2.84. The van der Waals surface area contributed by atoms with Crippen LogP contribution in [-0.2, 0) is 17.5 Å². The molecule has 1 N–H and O–H groups in total. The van der Waals surface area contributed by atoms with E-state index in [1.807, 2.05) is 6.07 Å². The quantitative estimate of drug-likeness (QED) is 0.738. The molecule has 0 heterocycles. The van der Waals surface area contributed by atoms with Crippen molar-refractivity contribution in [2.45, 2.75) is 12.7 Å². The van der Waals surface area contributed by atoms with Crippen molar-refractivity contribution in [2.24, 2.45) is 0 Å². The van der Waals surface area contributed by atoms with Gasteiger partial charge in [-0.2, -0.15) is 13.2 Å². The number of amides is 1. The Morgan fingerprint density at radius 2 is 2.21 bits per heavy atom. The van der Waals surface area contributed by atoms with E-state index in [9.17, 15) is 18.0 Å². The van der Waals surface area contributed by atoms with Gasteiger partial charge in [-0.25, -0.2) is 0 Å². The van der Waals surface area contributed by atoms with E-state index >= 15 is 0 Å². The maximum absolute atomic E-state index is 12.1. The maximum atomic E-state index is 12.1. The molecule has 14 heavy (non-hydrogen) atoms. The van der Waals surface area contributed by atoms with Crippen molar-refractivity contribution < 1.29 is 18.0 Å². The van der Waals surface area contributed by atoms with Gasteiger partial charge in [0.1, 0.15) is 5.56 Å². The summed E-state index contributed by atoms with van der Waals surface area (Å²) in [6.45, 7) is 0.0533. The van der Waals surface area contributed by atoms with E-state index in [4.69, 9.17) is 0 Å². The Morgan fingerprint density at radius 3 is 2.79 bits per heavy atom. The number of nitrogens with one attached hydrogen (secondary N) is 1. The van der Waals surface area contributed by atoms with Crippen molar-refractivity contribution >= 4 is 6.41 Å². The van der Waals surface area contributed by atoms with Gasteiger partial charge in [-0.1, -0.05) is 12.1 Å². The van der Waals surface area contributed by atoms with Crippen LogP contribution in [0.1, 0.15) is 11.1 Å². The van der Waals surface area contributed by atoms with Crippen LogP contribution >= 0.6 is 0 Å². The minimum Gasteiger partial charge on any atom is -0.355 e. The van der Waals surface area contributed by atoms with Crippen molar-refractivity contribution in [3.8, 4) is 0 Å². The van der Waals surface area contributed by atoms with Crippen LogP contribution in [-0.4, -0.2) is 6.41 Å². The summed E-state index contributed by atoms with van der Waals surface area (Å²) >= 11 is 0. The van der Waals surface area contributed by atoms with Crippen LogP contribution in [0.5, 0.6) is 0 Å². The highest BCUT2D eigenvalue weighted by Crippen LogP contribution is 2.27. The lowest BCUT2D eigenvalue weighted by Gasteiger charge is -2.04. The van der Waals surface area contributed by atoms with E-state index in [1.54, 1.807) is 0 Å². The molecule has 0 saturated carbocycles. The zero-order chi connectivity index (χ0) is 10.6. The summed E-state index contributed by atoms with van der Waals surface area (Å²) in [4.78, 5) is 9.91. The minimum absolute atomic E-state index is 0.0533. The zero-order valence-electron chi connectivity index (χ0n) is 6.98. The predicted molar refractivity (Wildman–Crippen MR) is 42.0 cm³/mol. The summed E-state index contributed by atoms with van der Waals surface area (Å²) in [5.74, 6) is 0. The van der Waals surface area contributed by atoms with Crippen LogP contribution in [0.4, 0.5) is 13.2 Å². The highest BCUT2D eigenvalue weighted by atomic mass is 19.4. The van der Waals surface area contributed by atoms with Crippen molar-refractivity contribution in [2.75, 3.05) is 0 Å². The van der Waals surface area contributed by atoms with Gasteiger partial charge in [0.05, 0.1) is 0 Å². The monoisotopic (exact) mass is 201 g/mol. The molecule has 0 spiro atoms. The molecule has 0 radical (unpaired) electrons. The Labute approximate surface area is 78.7 Å². The van der Waals surface area contributed by atoms with E-state index < -0.39 is 11.7 Å². The van der Waals surface area contributed by atoms with Crippen LogP contribution < -0.4 is 5.32 Å². The maximum Gasteiger partial charge on any atom is 0.424 e. The van der Waals surface area contributed by atoms with Gasteiger partial charge in [-0.15, -0.1) is 0 Å².